The van der Waals surface area contributed by atoms with Crippen molar-refractivity contribution < 1.29 is 9.90 Å². The summed E-state index contributed by atoms with van der Waals surface area (Å²) in [5.74, 6) is -0.831. The maximum Gasteiger partial charge on any atom is 0.338 e. The molecule has 0 spiro atoms. The number of hydrogen-bond donors (Lipinski definition) is 2. The van der Waals surface area contributed by atoms with E-state index in [2.05, 4.69) is 22.9 Å². The first-order valence-electron chi connectivity index (χ1n) is 6.16. The van der Waals surface area contributed by atoms with Gasteiger partial charge in [-0.1, -0.05) is 11.6 Å². The summed E-state index contributed by atoms with van der Waals surface area (Å²) in [6.45, 7) is 6.42. The summed E-state index contributed by atoms with van der Waals surface area (Å²) in [4.78, 5) is 11.5. The van der Waals surface area contributed by atoms with Crippen molar-refractivity contribution in [2.24, 2.45) is 0 Å². The number of nitrogens with one attached hydrogen (secondary N) is 1. The van der Waals surface area contributed by atoms with Gasteiger partial charge in [0.25, 0.3) is 0 Å². The molecule has 94 valence electrons. The lowest BCUT2D eigenvalue weighted by atomic mass is 10.0. The molecule has 4 nitrogen and oxygen atoms in total. The van der Waals surface area contributed by atoms with Gasteiger partial charge in [0.2, 0.25) is 0 Å². The summed E-state index contributed by atoms with van der Waals surface area (Å²) in [6.07, 6.45) is 0. The molecule has 2 N–H and O–H groups in total. The lowest BCUT2D eigenvalue weighted by Gasteiger charge is -2.18. The van der Waals surface area contributed by atoms with Crippen molar-refractivity contribution in [1.29, 1.82) is 0 Å². The van der Waals surface area contributed by atoms with E-state index in [1.165, 1.54) is 0 Å². The quantitative estimate of drug-likeness (QED) is 0.807. The minimum Gasteiger partial charge on any atom is -0.478 e. The van der Waals surface area contributed by atoms with E-state index in [1.54, 1.807) is 0 Å². The average molecular weight is 244 g/mol. The van der Waals surface area contributed by atoms with Crippen molar-refractivity contribution in [3.05, 3.63) is 34.5 Å². The third-order valence-corrected chi connectivity index (χ3v) is 3.62. The van der Waals surface area contributed by atoms with Crippen LogP contribution >= 0.6 is 0 Å². The van der Waals surface area contributed by atoms with Gasteiger partial charge in [-0.2, -0.15) is 0 Å². The highest BCUT2D eigenvalue weighted by Gasteiger charge is 2.24. The number of aromatic nitrogens is 1. The van der Waals surface area contributed by atoms with Crippen molar-refractivity contribution in [2.45, 2.75) is 26.9 Å². The van der Waals surface area contributed by atoms with Crippen molar-refractivity contribution >= 4 is 16.9 Å². The molecule has 1 aromatic carbocycles. The monoisotopic (exact) mass is 244 g/mol. The molecule has 0 saturated carbocycles. The van der Waals surface area contributed by atoms with Crippen LogP contribution in [0, 0.1) is 13.8 Å². The number of carboxylic acid groups (broad SMARTS) is 1. The van der Waals surface area contributed by atoms with Crippen LogP contribution in [0.4, 0.5) is 0 Å². The van der Waals surface area contributed by atoms with Gasteiger partial charge < -0.3 is 15.0 Å². The number of nitrogens with zero attached hydrogens (tertiary/aromatic N) is 1. The number of aromatic carboxylic acids is 1. The predicted molar refractivity (Wildman–Crippen MR) is 70.1 cm³/mol. The van der Waals surface area contributed by atoms with E-state index in [-0.39, 0.29) is 0 Å². The van der Waals surface area contributed by atoms with Crippen LogP contribution in [0.3, 0.4) is 0 Å². The summed E-state index contributed by atoms with van der Waals surface area (Å²) in [5, 5.41) is 13.6. The van der Waals surface area contributed by atoms with Crippen LogP contribution in [-0.4, -0.2) is 22.2 Å². The average Bonchev–Trinajstić information content (AvgIpc) is 2.62. The van der Waals surface area contributed by atoms with Crippen LogP contribution in [0.2, 0.25) is 0 Å². The maximum absolute atomic E-state index is 11.5. The Hall–Kier alpha value is -1.81. The summed E-state index contributed by atoms with van der Waals surface area (Å²) >= 11 is 0. The Morgan fingerprint density at radius 2 is 2.17 bits per heavy atom. The molecule has 0 amide bonds. The molecule has 4 heteroatoms. The molecule has 0 saturated heterocycles. The second-order valence-electron chi connectivity index (χ2n) is 4.93. The number of carboxylic acids is 1. The maximum atomic E-state index is 11.5. The summed E-state index contributed by atoms with van der Waals surface area (Å²) in [7, 11) is 0. The van der Waals surface area contributed by atoms with Crippen molar-refractivity contribution in [2.75, 3.05) is 6.54 Å². The first-order valence-corrected chi connectivity index (χ1v) is 6.16. The molecule has 2 heterocycles. The highest BCUT2D eigenvalue weighted by Crippen LogP contribution is 2.31. The van der Waals surface area contributed by atoms with Gasteiger partial charge in [0.1, 0.15) is 0 Å². The fourth-order valence-electron chi connectivity index (χ4n) is 3.00. The number of carbonyl (C=O) groups is 1. The number of hydrogen-bond acceptors (Lipinski definition) is 2. The topological polar surface area (TPSA) is 54.3 Å². The van der Waals surface area contributed by atoms with E-state index in [9.17, 15) is 9.90 Å². The molecule has 1 aliphatic heterocycles. The molecule has 0 radical (unpaired) electrons. The smallest absolute Gasteiger partial charge is 0.338 e. The number of rotatable bonds is 1. The minimum atomic E-state index is -0.831. The van der Waals surface area contributed by atoms with Gasteiger partial charge >= 0.3 is 5.97 Å². The van der Waals surface area contributed by atoms with E-state index < -0.39 is 5.97 Å². The van der Waals surface area contributed by atoms with Gasteiger partial charge in [-0.3, -0.25) is 0 Å². The molecule has 1 aliphatic rings. The third-order valence-electron chi connectivity index (χ3n) is 3.62. The Kier molecular flexibility index (Phi) is 2.41. The van der Waals surface area contributed by atoms with Gasteiger partial charge in [0.15, 0.2) is 0 Å². The number of aryl methyl sites for hydroxylation is 2. The molecule has 18 heavy (non-hydrogen) atoms. The first kappa shape index (κ1) is 11.3. The highest BCUT2D eigenvalue weighted by atomic mass is 16.4. The second kappa shape index (κ2) is 3.85. The lowest BCUT2D eigenvalue weighted by molar-refractivity contribution is 0.0697. The predicted octanol–water partition coefficient (Wildman–Crippen LogP) is 2.06. The molecular weight excluding hydrogens is 228 g/mol. The molecular formula is C14H16N2O2. The minimum absolute atomic E-state index is 0.462. The van der Waals surface area contributed by atoms with Crippen molar-refractivity contribution in [1.82, 2.24) is 9.88 Å². The van der Waals surface area contributed by atoms with Crippen LogP contribution < -0.4 is 5.32 Å². The Morgan fingerprint density at radius 1 is 1.39 bits per heavy atom. The zero-order chi connectivity index (χ0) is 12.9. The number of benzene rings is 1. The molecule has 0 aliphatic carbocycles. The third kappa shape index (κ3) is 1.46. The Morgan fingerprint density at radius 3 is 2.89 bits per heavy atom. The molecule has 0 atom stereocenters. The van der Waals surface area contributed by atoms with E-state index >= 15 is 0 Å². The van der Waals surface area contributed by atoms with E-state index in [0.717, 1.165) is 40.8 Å². The molecule has 0 fully saturated rings. The highest BCUT2D eigenvalue weighted by molar-refractivity contribution is 6.06. The Bertz CT molecular complexity index is 656. The molecule has 1 aromatic heterocycles. The van der Waals surface area contributed by atoms with Crippen LogP contribution in [0.5, 0.6) is 0 Å². The fourth-order valence-corrected chi connectivity index (χ4v) is 3.00. The van der Waals surface area contributed by atoms with Gasteiger partial charge in [-0.05, 0) is 25.5 Å². The van der Waals surface area contributed by atoms with Crippen LogP contribution in [0.1, 0.15) is 27.2 Å². The molecule has 0 bridgehead atoms. The summed E-state index contributed by atoms with van der Waals surface area (Å²) < 4.78 is 2.16. The fraction of sp³-hybridized carbons (Fsp3) is 0.357. The van der Waals surface area contributed by atoms with E-state index in [1.807, 2.05) is 13.0 Å². The van der Waals surface area contributed by atoms with Gasteiger partial charge in [-0.15, -0.1) is 0 Å². The summed E-state index contributed by atoms with van der Waals surface area (Å²) in [6, 6.07) is 4.10. The van der Waals surface area contributed by atoms with Crippen LogP contribution in [0.25, 0.3) is 10.9 Å². The van der Waals surface area contributed by atoms with Gasteiger partial charge in [0, 0.05) is 30.7 Å². The molecule has 3 rings (SSSR count). The summed E-state index contributed by atoms with van der Waals surface area (Å²) in [5.41, 5.74) is 4.70. The van der Waals surface area contributed by atoms with Crippen LogP contribution in [0.15, 0.2) is 12.1 Å². The number of fused-ring (bicyclic) bond motifs is 3. The lowest BCUT2D eigenvalue weighted by Crippen LogP contribution is -2.28. The van der Waals surface area contributed by atoms with E-state index in [4.69, 9.17) is 0 Å². The van der Waals surface area contributed by atoms with Gasteiger partial charge in [-0.25, -0.2) is 4.79 Å². The normalized spacial score (nSPS) is 14.8. The first-order chi connectivity index (χ1) is 8.59. The van der Waals surface area contributed by atoms with Crippen molar-refractivity contribution in [3.63, 3.8) is 0 Å². The standard InChI is InChI=1S/C14H16N2O2/c1-8-5-9(2)13-10(6-8)12(14(17)18)11-7-15-3-4-16(11)13/h5-6,15H,3-4,7H2,1-2H3,(H,17,18). The largest absolute Gasteiger partial charge is 0.478 e. The Labute approximate surface area is 105 Å². The van der Waals surface area contributed by atoms with E-state index in [0.29, 0.717) is 12.1 Å². The molecule has 0 unspecified atom stereocenters. The second-order valence-corrected chi connectivity index (χ2v) is 4.93. The SMILES string of the molecule is Cc1cc(C)c2c(c1)c(C(=O)O)c1n2CCNC1. The van der Waals surface area contributed by atoms with Gasteiger partial charge in [0.05, 0.1) is 11.1 Å². The zero-order valence-electron chi connectivity index (χ0n) is 10.6. The molecule has 2 aromatic rings. The van der Waals surface area contributed by atoms with Crippen LogP contribution in [-0.2, 0) is 13.1 Å². The Balaban J connectivity index is 2.47. The zero-order valence-corrected chi connectivity index (χ0v) is 10.6. The van der Waals surface area contributed by atoms with Crippen molar-refractivity contribution in [3.8, 4) is 0 Å².